The molecule has 7 heteroatoms. The number of ether oxygens (including phenoxy) is 2. The zero-order valence-corrected chi connectivity index (χ0v) is 15.4. The molecule has 27 heavy (non-hydrogen) atoms. The Kier molecular flexibility index (Phi) is 5.49. The molecule has 0 N–H and O–H groups in total. The van der Waals surface area contributed by atoms with E-state index in [0.29, 0.717) is 27.9 Å². The maximum absolute atomic E-state index is 12.8. The maximum atomic E-state index is 12.8. The average Bonchev–Trinajstić information content (AvgIpc) is 3.03. The highest BCUT2D eigenvalue weighted by molar-refractivity contribution is 6.04. The SMILES string of the molecule is CCOC(=O)Cc1c(C(=O)OCC)c(-c2ccccc2)nc2onc(C)c12. The Balaban J connectivity index is 2.32. The van der Waals surface area contributed by atoms with Gasteiger partial charge in [-0.3, -0.25) is 4.79 Å². The van der Waals surface area contributed by atoms with Gasteiger partial charge in [0.25, 0.3) is 5.71 Å². The van der Waals surface area contributed by atoms with E-state index in [1.165, 1.54) is 0 Å². The molecule has 7 nitrogen and oxygen atoms in total. The number of carbonyl (C=O) groups excluding carboxylic acids is 2. The van der Waals surface area contributed by atoms with Crippen LogP contribution < -0.4 is 0 Å². The first kappa shape index (κ1) is 18.6. The van der Waals surface area contributed by atoms with Crippen LogP contribution in [0.4, 0.5) is 0 Å². The molecule has 2 heterocycles. The first-order chi connectivity index (χ1) is 13.1. The normalized spacial score (nSPS) is 10.8. The number of hydrogen-bond acceptors (Lipinski definition) is 7. The number of aryl methyl sites for hydroxylation is 1. The molecule has 0 amide bonds. The summed E-state index contributed by atoms with van der Waals surface area (Å²) in [5.74, 6) is -0.999. The molecule has 0 fully saturated rings. The van der Waals surface area contributed by atoms with Gasteiger partial charge in [0, 0.05) is 5.56 Å². The predicted octanol–water partition coefficient (Wildman–Crippen LogP) is 3.48. The van der Waals surface area contributed by atoms with Gasteiger partial charge in [0.05, 0.1) is 42.0 Å². The average molecular weight is 368 g/mol. The number of benzene rings is 1. The maximum Gasteiger partial charge on any atom is 0.340 e. The van der Waals surface area contributed by atoms with Crippen molar-refractivity contribution in [1.82, 2.24) is 10.1 Å². The lowest BCUT2D eigenvalue weighted by molar-refractivity contribution is -0.142. The van der Waals surface area contributed by atoms with Gasteiger partial charge in [0.1, 0.15) is 0 Å². The Labute approximate surface area is 156 Å². The Morgan fingerprint density at radius 1 is 1.07 bits per heavy atom. The van der Waals surface area contributed by atoms with Crippen molar-refractivity contribution < 1.29 is 23.6 Å². The number of carbonyl (C=O) groups is 2. The summed E-state index contributed by atoms with van der Waals surface area (Å²) in [7, 11) is 0. The van der Waals surface area contributed by atoms with Crippen molar-refractivity contribution in [3.8, 4) is 11.3 Å². The summed E-state index contributed by atoms with van der Waals surface area (Å²) < 4.78 is 15.7. The molecule has 1 aromatic carbocycles. The molecular weight excluding hydrogens is 348 g/mol. The van der Waals surface area contributed by atoms with E-state index >= 15 is 0 Å². The fraction of sp³-hybridized carbons (Fsp3) is 0.300. The molecule has 0 atom stereocenters. The van der Waals surface area contributed by atoms with Crippen LogP contribution in [0.3, 0.4) is 0 Å². The Bertz CT molecular complexity index is 979. The van der Waals surface area contributed by atoms with E-state index in [9.17, 15) is 9.59 Å². The number of nitrogens with zero attached hydrogens (tertiary/aromatic N) is 2. The molecule has 2 aromatic heterocycles. The Morgan fingerprint density at radius 3 is 2.44 bits per heavy atom. The predicted molar refractivity (Wildman–Crippen MR) is 98.3 cm³/mol. The highest BCUT2D eigenvalue weighted by atomic mass is 16.5. The highest BCUT2D eigenvalue weighted by Crippen LogP contribution is 2.33. The Hall–Kier alpha value is -3.22. The van der Waals surface area contributed by atoms with E-state index in [1.807, 2.05) is 30.3 Å². The van der Waals surface area contributed by atoms with Crippen molar-refractivity contribution in [1.29, 1.82) is 0 Å². The van der Waals surface area contributed by atoms with Crippen LogP contribution in [0, 0.1) is 6.92 Å². The molecule has 3 aromatic rings. The number of esters is 2. The molecule has 0 bridgehead atoms. The molecule has 0 saturated heterocycles. The lowest BCUT2D eigenvalue weighted by atomic mass is 9.95. The fourth-order valence-electron chi connectivity index (χ4n) is 2.97. The molecule has 0 unspecified atom stereocenters. The van der Waals surface area contributed by atoms with E-state index in [0.717, 1.165) is 0 Å². The summed E-state index contributed by atoms with van der Waals surface area (Å²) in [6, 6.07) is 9.20. The van der Waals surface area contributed by atoms with Crippen LogP contribution in [0.2, 0.25) is 0 Å². The number of aromatic nitrogens is 2. The molecule has 0 spiro atoms. The van der Waals surface area contributed by atoms with Crippen molar-refractivity contribution >= 4 is 23.0 Å². The van der Waals surface area contributed by atoms with Crippen LogP contribution in [0.15, 0.2) is 34.9 Å². The van der Waals surface area contributed by atoms with Gasteiger partial charge in [0.2, 0.25) is 0 Å². The van der Waals surface area contributed by atoms with Gasteiger partial charge >= 0.3 is 11.9 Å². The smallest absolute Gasteiger partial charge is 0.340 e. The topological polar surface area (TPSA) is 91.5 Å². The molecular formula is C20H20N2O5. The van der Waals surface area contributed by atoms with Gasteiger partial charge in [-0.25, -0.2) is 9.78 Å². The van der Waals surface area contributed by atoms with Gasteiger partial charge in [-0.2, -0.15) is 0 Å². The van der Waals surface area contributed by atoms with Crippen LogP contribution >= 0.6 is 0 Å². The summed E-state index contributed by atoms with van der Waals surface area (Å²) in [4.78, 5) is 29.5. The molecule has 140 valence electrons. The number of rotatable bonds is 6. The molecule has 3 rings (SSSR count). The quantitative estimate of drug-likeness (QED) is 0.615. The third-order valence-electron chi connectivity index (χ3n) is 4.05. The van der Waals surface area contributed by atoms with Crippen molar-refractivity contribution in [2.24, 2.45) is 0 Å². The third-order valence-corrected chi connectivity index (χ3v) is 4.05. The van der Waals surface area contributed by atoms with Crippen molar-refractivity contribution in [2.45, 2.75) is 27.2 Å². The van der Waals surface area contributed by atoms with Crippen LogP contribution in [0.25, 0.3) is 22.4 Å². The van der Waals surface area contributed by atoms with Crippen LogP contribution in [-0.4, -0.2) is 35.3 Å². The minimum Gasteiger partial charge on any atom is -0.466 e. The van der Waals surface area contributed by atoms with Crippen molar-refractivity contribution in [3.63, 3.8) is 0 Å². The van der Waals surface area contributed by atoms with Crippen molar-refractivity contribution in [2.75, 3.05) is 13.2 Å². The summed E-state index contributed by atoms with van der Waals surface area (Å²) in [6.07, 6.45) is -0.108. The Morgan fingerprint density at radius 2 is 1.78 bits per heavy atom. The molecule has 0 saturated carbocycles. The van der Waals surface area contributed by atoms with Gasteiger partial charge < -0.3 is 14.0 Å². The van der Waals surface area contributed by atoms with E-state index < -0.39 is 11.9 Å². The number of pyridine rings is 1. The fourth-order valence-corrected chi connectivity index (χ4v) is 2.97. The molecule has 0 radical (unpaired) electrons. The number of hydrogen-bond donors (Lipinski definition) is 0. The van der Waals surface area contributed by atoms with Crippen LogP contribution in [0.1, 0.15) is 35.5 Å². The highest BCUT2D eigenvalue weighted by Gasteiger charge is 2.27. The molecule has 0 aliphatic heterocycles. The van der Waals surface area contributed by atoms with Crippen molar-refractivity contribution in [3.05, 3.63) is 47.2 Å². The summed E-state index contributed by atoms with van der Waals surface area (Å²) in [5.41, 5.74) is 2.59. The van der Waals surface area contributed by atoms with E-state index in [-0.39, 0.29) is 30.9 Å². The minimum absolute atomic E-state index is 0.108. The second kappa shape index (κ2) is 7.99. The van der Waals surface area contributed by atoms with Gasteiger partial charge in [-0.05, 0) is 26.3 Å². The molecule has 0 aliphatic rings. The zero-order valence-electron chi connectivity index (χ0n) is 15.4. The van der Waals surface area contributed by atoms with E-state index in [1.54, 1.807) is 20.8 Å². The van der Waals surface area contributed by atoms with Crippen LogP contribution in [0.5, 0.6) is 0 Å². The first-order valence-electron chi connectivity index (χ1n) is 8.73. The number of fused-ring (bicyclic) bond motifs is 1. The second-order valence-electron chi connectivity index (χ2n) is 5.83. The summed E-state index contributed by atoms with van der Waals surface area (Å²) in [6.45, 7) is 5.63. The monoisotopic (exact) mass is 368 g/mol. The standard InChI is InChI=1S/C20H20N2O5/c1-4-25-15(23)11-14-16-12(3)22-27-19(16)21-18(13-9-7-6-8-10-13)17(14)20(24)26-5-2/h6-10H,4-5,11H2,1-3H3. The summed E-state index contributed by atoms with van der Waals surface area (Å²) >= 11 is 0. The van der Waals surface area contributed by atoms with Crippen LogP contribution in [-0.2, 0) is 20.7 Å². The van der Waals surface area contributed by atoms with E-state index in [4.69, 9.17) is 14.0 Å². The van der Waals surface area contributed by atoms with Gasteiger partial charge in [-0.1, -0.05) is 35.5 Å². The minimum atomic E-state index is -0.550. The van der Waals surface area contributed by atoms with E-state index in [2.05, 4.69) is 10.1 Å². The lowest BCUT2D eigenvalue weighted by Crippen LogP contribution is -2.16. The first-order valence-corrected chi connectivity index (χ1v) is 8.73. The zero-order chi connectivity index (χ0) is 19.4. The largest absolute Gasteiger partial charge is 0.466 e. The van der Waals surface area contributed by atoms with Gasteiger partial charge in [0.15, 0.2) is 0 Å². The second-order valence-corrected chi connectivity index (χ2v) is 5.83. The van der Waals surface area contributed by atoms with Gasteiger partial charge in [-0.15, -0.1) is 0 Å². The molecule has 0 aliphatic carbocycles. The third kappa shape index (κ3) is 3.67. The lowest BCUT2D eigenvalue weighted by Gasteiger charge is -2.14. The summed E-state index contributed by atoms with van der Waals surface area (Å²) in [5, 5.41) is 4.48.